The number of hydrogen-bond acceptors (Lipinski definition) is 4. The molecule has 1 aliphatic carbocycles. The molecule has 0 unspecified atom stereocenters. The maximum absolute atomic E-state index is 4.28. The molecule has 5 heteroatoms. The third kappa shape index (κ3) is 3.84. The average Bonchev–Trinajstić information content (AvgIpc) is 3.11. The first-order chi connectivity index (χ1) is 9.31. The van der Waals surface area contributed by atoms with Crippen LogP contribution in [-0.4, -0.2) is 22.8 Å². The zero-order valence-electron chi connectivity index (χ0n) is 10.6. The van der Waals surface area contributed by atoms with Gasteiger partial charge in [0.05, 0.1) is 0 Å². The second-order valence-corrected chi connectivity index (χ2v) is 6.82. The Labute approximate surface area is 125 Å². The average molecular weight is 338 g/mol. The summed E-state index contributed by atoms with van der Waals surface area (Å²) in [6, 6.07) is 9.00. The van der Waals surface area contributed by atoms with Crippen LogP contribution in [0.25, 0.3) is 10.6 Å². The van der Waals surface area contributed by atoms with E-state index in [1.165, 1.54) is 12.8 Å². The first-order valence-electron chi connectivity index (χ1n) is 6.63. The summed E-state index contributed by atoms with van der Waals surface area (Å²) >= 11 is 5.18. The summed E-state index contributed by atoms with van der Waals surface area (Å²) in [6.07, 6.45) is 4.87. The SMILES string of the molecule is Brc1cccc(-c2nnc(CCCNC3CC3)s2)c1. The first kappa shape index (κ1) is 13.2. The number of benzene rings is 1. The van der Waals surface area contributed by atoms with Gasteiger partial charge in [0.1, 0.15) is 10.0 Å². The Hall–Kier alpha value is -0.780. The van der Waals surface area contributed by atoms with Crippen LogP contribution < -0.4 is 5.32 Å². The van der Waals surface area contributed by atoms with Crippen LogP contribution in [0, 0.1) is 0 Å². The summed E-state index contributed by atoms with van der Waals surface area (Å²) in [7, 11) is 0. The van der Waals surface area contributed by atoms with Gasteiger partial charge in [-0.15, -0.1) is 10.2 Å². The molecular weight excluding hydrogens is 322 g/mol. The fraction of sp³-hybridized carbons (Fsp3) is 0.429. The van der Waals surface area contributed by atoms with Gasteiger partial charge in [-0.05, 0) is 37.9 Å². The van der Waals surface area contributed by atoms with Crippen molar-refractivity contribution in [3.8, 4) is 10.6 Å². The van der Waals surface area contributed by atoms with Gasteiger partial charge < -0.3 is 5.32 Å². The normalized spacial score (nSPS) is 14.8. The lowest BCUT2D eigenvalue weighted by atomic mass is 10.2. The van der Waals surface area contributed by atoms with Gasteiger partial charge in [0, 0.05) is 22.5 Å². The summed E-state index contributed by atoms with van der Waals surface area (Å²) < 4.78 is 1.08. The molecule has 1 fully saturated rings. The van der Waals surface area contributed by atoms with Gasteiger partial charge in [-0.25, -0.2) is 0 Å². The highest BCUT2D eigenvalue weighted by molar-refractivity contribution is 9.10. The molecular formula is C14H16BrN3S. The van der Waals surface area contributed by atoms with Gasteiger partial charge in [-0.3, -0.25) is 0 Å². The third-order valence-corrected chi connectivity index (χ3v) is 4.64. The fourth-order valence-electron chi connectivity index (χ4n) is 1.93. The van der Waals surface area contributed by atoms with Crippen LogP contribution in [0.4, 0.5) is 0 Å². The summed E-state index contributed by atoms with van der Waals surface area (Å²) in [5.74, 6) is 0. The standard InChI is InChI=1S/C14H16BrN3S/c15-11-4-1-3-10(9-11)14-18-17-13(19-14)5-2-8-16-12-6-7-12/h1,3-4,9,12,16H,2,5-8H2. The number of nitrogens with zero attached hydrogens (tertiary/aromatic N) is 2. The monoisotopic (exact) mass is 337 g/mol. The molecule has 0 radical (unpaired) electrons. The van der Waals surface area contributed by atoms with Crippen molar-refractivity contribution < 1.29 is 0 Å². The van der Waals surface area contributed by atoms with Crippen molar-refractivity contribution in [3.63, 3.8) is 0 Å². The van der Waals surface area contributed by atoms with E-state index in [2.05, 4.69) is 43.6 Å². The molecule has 1 aromatic heterocycles. The highest BCUT2D eigenvalue weighted by atomic mass is 79.9. The lowest BCUT2D eigenvalue weighted by Gasteiger charge is -1.99. The van der Waals surface area contributed by atoms with Gasteiger partial charge in [-0.2, -0.15) is 0 Å². The molecule has 1 heterocycles. The molecule has 2 aromatic rings. The van der Waals surface area contributed by atoms with Crippen LogP contribution in [-0.2, 0) is 6.42 Å². The maximum Gasteiger partial charge on any atom is 0.147 e. The lowest BCUT2D eigenvalue weighted by Crippen LogP contribution is -2.17. The van der Waals surface area contributed by atoms with Crippen molar-refractivity contribution >= 4 is 27.3 Å². The molecule has 3 rings (SSSR count). The zero-order valence-corrected chi connectivity index (χ0v) is 13.0. The van der Waals surface area contributed by atoms with Crippen LogP contribution in [0.3, 0.4) is 0 Å². The second kappa shape index (κ2) is 6.11. The minimum absolute atomic E-state index is 0.798. The number of aromatic nitrogens is 2. The molecule has 0 spiro atoms. The fourth-order valence-corrected chi connectivity index (χ4v) is 3.20. The van der Waals surface area contributed by atoms with E-state index in [0.717, 1.165) is 45.5 Å². The molecule has 0 aliphatic heterocycles. The maximum atomic E-state index is 4.28. The largest absolute Gasteiger partial charge is 0.314 e. The summed E-state index contributed by atoms with van der Waals surface area (Å²) in [4.78, 5) is 0. The molecule has 100 valence electrons. The molecule has 19 heavy (non-hydrogen) atoms. The molecule has 0 amide bonds. The van der Waals surface area contributed by atoms with Gasteiger partial charge >= 0.3 is 0 Å². The van der Waals surface area contributed by atoms with Crippen LogP contribution in [0.15, 0.2) is 28.7 Å². The van der Waals surface area contributed by atoms with Crippen molar-refractivity contribution in [2.75, 3.05) is 6.54 Å². The van der Waals surface area contributed by atoms with Crippen LogP contribution in [0.5, 0.6) is 0 Å². The Kier molecular flexibility index (Phi) is 4.25. The highest BCUT2D eigenvalue weighted by Crippen LogP contribution is 2.26. The van der Waals surface area contributed by atoms with Gasteiger partial charge in [0.15, 0.2) is 0 Å². The smallest absolute Gasteiger partial charge is 0.147 e. The van der Waals surface area contributed by atoms with E-state index in [0.29, 0.717) is 0 Å². The predicted molar refractivity (Wildman–Crippen MR) is 82.4 cm³/mol. The van der Waals surface area contributed by atoms with Crippen molar-refractivity contribution in [1.29, 1.82) is 0 Å². The molecule has 1 aromatic carbocycles. The lowest BCUT2D eigenvalue weighted by molar-refractivity contribution is 0.643. The third-order valence-electron chi connectivity index (χ3n) is 3.12. The van der Waals surface area contributed by atoms with E-state index in [9.17, 15) is 0 Å². The van der Waals surface area contributed by atoms with Crippen LogP contribution in [0.2, 0.25) is 0 Å². The van der Waals surface area contributed by atoms with E-state index in [1.54, 1.807) is 11.3 Å². The molecule has 1 saturated carbocycles. The van der Waals surface area contributed by atoms with E-state index in [1.807, 2.05) is 12.1 Å². The van der Waals surface area contributed by atoms with Crippen molar-refractivity contribution in [1.82, 2.24) is 15.5 Å². The van der Waals surface area contributed by atoms with Gasteiger partial charge in [0.2, 0.25) is 0 Å². The van der Waals surface area contributed by atoms with E-state index in [-0.39, 0.29) is 0 Å². The molecule has 1 aliphatic rings. The summed E-state index contributed by atoms with van der Waals surface area (Å²) in [5.41, 5.74) is 1.13. The number of rotatable bonds is 6. The Morgan fingerprint density at radius 1 is 1.32 bits per heavy atom. The van der Waals surface area contributed by atoms with Crippen LogP contribution in [0.1, 0.15) is 24.3 Å². The molecule has 1 N–H and O–H groups in total. The Morgan fingerprint density at radius 2 is 2.21 bits per heavy atom. The van der Waals surface area contributed by atoms with Gasteiger partial charge in [-0.1, -0.05) is 39.4 Å². The quantitative estimate of drug-likeness (QED) is 0.817. The number of nitrogens with one attached hydrogen (secondary N) is 1. The highest BCUT2D eigenvalue weighted by Gasteiger charge is 2.19. The number of halogens is 1. The number of aryl methyl sites for hydroxylation is 1. The minimum Gasteiger partial charge on any atom is -0.314 e. The predicted octanol–water partition coefficient (Wildman–Crippen LogP) is 3.65. The van der Waals surface area contributed by atoms with Crippen molar-refractivity contribution in [2.45, 2.75) is 31.7 Å². The van der Waals surface area contributed by atoms with Crippen molar-refractivity contribution in [2.24, 2.45) is 0 Å². The molecule has 0 saturated heterocycles. The second-order valence-electron chi connectivity index (χ2n) is 4.84. The summed E-state index contributed by atoms with van der Waals surface area (Å²) in [5, 5.41) is 14.2. The molecule has 0 bridgehead atoms. The van der Waals surface area contributed by atoms with E-state index in [4.69, 9.17) is 0 Å². The van der Waals surface area contributed by atoms with Crippen LogP contribution >= 0.6 is 27.3 Å². The Balaban J connectivity index is 1.56. The van der Waals surface area contributed by atoms with E-state index >= 15 is 0 Å². The topological polar surface area (TPSA) is 37.8 Å². The first-order valence-corrected chi connectivity index (χ1v) is 8.24. The van der Waals surface area contributed by atoms with Crippen molar-refractivity contribution in [3.05, 3.63) is 33.7 Å². The minimum atomic E-state index is 0.798. The van der Waals surface area contributed by atoms with E-state index < -0.39 is 0 Å². The zero-order chi connectivity index (χ0) is 13.1. The Bertz CT molecular complexity index is 551. The molecule has 0 atom stereocenters. The Morgan fingerprint density at radius 3 is 3.00 bits per heavy atom. The van der Waals surface area contributed by atoms with Gasteiger partial charge in [0.25, 0.3) is 0 Å². The summed E-state index contributed by atoms with van der Waals surface area (Å²) in [6.45, 7) is 1.09. The molecule has 3 nitrogen and oxygen atoms in total. The number of hydrogen-bond donors (Lipinski definition) is 1.